The molecule has 21 heavy (non-hydrogen) atoms. The highest BCUT2D eigenvalue weighted by molar-refractivity contribution is 6.33. The van der Waals surface area contributed by atoms with Crippen molar-refractivity contribution in [2.45, 2.75) is 6.04 Å². The zero-order valence-corrected chi connectivity index (χ0v) is 11.7. The topological polar surface area (TPSA) is 41.6 Å². The van der Waals surface area contributed by atoms with E-state index >= 15 is 0 Å². The summed E-state index contributed by atoms with van der Waals surface area (Å²) in [6.07, 6.45) is 0. The van der Waals surface area contributed by atoms with Crippen molar-refractivity contribution in [3.8, 4) is 0 Å². The van der Waals surface area contributed by atoms with E-state index in [-0.39, 0.29) is 6.04 Å². The fourth-order valence-electron chi connectivity index (χ4n) is 2.41. The molecule has 0 aromatic heterocycles. The first-order valence-electron chi connectivity index (χ1n) is 6.36. The minimum absolute atomic E-state index is 0.304. The molecule has 0 radical (unpaired) electrons. The lowest BCUT2D eigenvalue weighted by molar-refractivity contribution is 0.505. The van der Waals surface area contributed by atoms with Crippen molar-refractivity contribution in [2.75, 3.05) is 11.4 Å². The summed E-state index contributed by atoms with van der Waals surface area (Å²) < 4.78 is 26.5. The average Bonchev–Trinajstić information content (AvgIpc) is 2.84. The number of aliphatic imine (C=N–C) groups is 1. The van der Waals surface area contributed by atoms with E-state index in [9.17, 15) is 8.78 Å². The van der Waals surface area contributed by atoms with Crippen LogP contribution in [-0.2, 0) is 0 Å². The van der Waals surface area contributed by atoms with Crippen LogP contribution < -0.4 is 10.6 Å². The van der Waals surface area contributed by atoms with Crippen molar-refractivity contribution in [1.29, 1.82) is 0 Å². The largest absolute Gasteiger partial charge is 0.369 e. The van der Waals surface area contributed by atoms with Gasteiger partial charge in [0.25, 0.3) is 0 Å². The van der Waals surface area contributed by atoms with Crippen LogP contribution in [0, 0.1) is 11.6 Å². The standard InChI is InChI=1S/C15H12ClF2N3/c16-10-3-1-2-4-13(10)21-14(8-20-15(21)19)9-5-6-11(17)12(18)7-9/h1-7,14H,8H2,(H2,19,20). The van der Waals surface area contributed by atoms with Gasteiger partial charge >= 0.3 is 0 Å². The molecule has 3 rings (SSSR count). The molecule has 0 amide bonds. The highest BCUT2D eigenvalue weighted by Gasteiger charge is 2.30. The van der Waals surface area contributed by atoms with Crippen molar-refractivity contribution >= 4 is 23.2 Å². The van der Waals surface area contributed by atoms with Gasteiger partial charge in [-0.15, -0.1) is 0 Å². The Hall–Kier alpha value is -2.14. The molecule has 2 aromatic carbocycles. The lowest BCUT2D eigenvalue weighted by Gasteiger charge is -2.27. The summed E-state index contributed by atoms with van der Waals surface area (Å²) in [6, 6.07) is 10.7. The Labute approximate surface area is 125 Å². The predicted octanol–water partition coefficient (Wildman–Crippen LogP) is 3.49. The Balaban J connectivity index is 2.03. The average molecular weight is 308 g/mol. The molecule has 0 saturated heterocycles. The van der Waals surface area contributed by atoms with Crippen molar-refractivity contribution in [3.63, 3.8) is 0 Å². The van der Waals surface area contributed by atoms with Crippen LogP contribution in [0.3, 0.4) is 0 Å². The second kappa shape index (κ2) is 5.33. The summed E-state index contributed by atoms with van der Waals surface area (Å²) >= 11 is 6.19. The number of nitrogens with two attached hydrogens (primary N) is 1. The first-order chi connectivity index (χ1) is 10.1. The van der Waals surface area contributed by atoms with Crippen molar-refractivity contribution in [3.05, 3.63) is 64.7 Å². The van der Waals surface area contributed by atoms with E-state index < -0.39 is 11.6 Å². The number of hydrogen-bond acceptors (Lipinski definition) is 3. The predicted molar refractivity (Wildman–Crippen MR) is 79.5 cm³/mol. The number of nitrogens with zero attached hydrogens (tertiary/aromatic N) is 2. The smallest absolute Gasteiger partial charge is 0.196 e. The van der Waals surface area contributed by atoms with Crippen molar-refractivity contribution in [2.24, 2.45) is 10.7 Å². The van der Waals surface area contributed by atoms with Gasteiger partial charge < -0.3 is 10.6 Å². The van der Waals surface area contributed by atoms with E-state index in [1.54, 1.807) is 11.0 Å². The van der Waals surface area contributed by atoms with E-state index in [0.717, 1.165) is 12.1 Å². The summed E-state index contributed by atoms with van der Waals surface area (Å²) in [5, 5.41) is 0.519. The molecule has 0 bridgehead atoms. The van der Waals surface area contributed by atoms with E-state index in [4.69, 9.17) is 17.3 Å². The number of guanidine groups is 1. The number of rotatable bonds is 2. The Morgan fingerprint density at radius 3 is 2.62 bits per heavy atom. The summed E-state index contributed by atoms with van der Waals surface area (Å²) in [7, 11) is 0. The summed E-state index contributed by atoms with van der Waals surface area (Å²) in [5.74, 6) is -1.47. The minimum atomic E-state index is -0.892. The molecule has 3 nitrogen and oxygen atoms in total. The fraction of sp³-hybridized carbons (Fsp3) is 0.133. The lowest BCUT2D eigenvalue weighted by atomic mass is 10.1. The van der Waals surface area contributed by atoms with Gasteiger partial charge in [-0.3, -0.25) is 4.99 Å². The molecule has 0 fully saturated rings. The number of benzene rings is 2. The maximum atomic E-state index is 13.5. The van der Waals surface area contributed by atoms with Crippen LogP contribution in [-0.4, -0.2) is 12.5 Å². The SMILES string of the molecule is NC1=NCC(c2ccc(F)c(F)c2)N1c1ccccc1Cl. The highest BCUT2D eigenvalue weighted by atomic mass is 35.5. The molecule has 1 heterocycles. The fourth-order valence-corrected chi connectivity index (χ4v) is 2.64. The summed E-state index contributed by atoms with van der Waals surface area (Å²) in [4.78, 5) is 5.92. The maximum absolute atomic E-state index is 13.5. The molecule has 0 saturated carbocycles. The van der Waals surface area contributed by atoms with Crippen molar-refractivity contribution < 1.29 is 8.78 Å². The van der Waals surface area contributed by atoms with Crippen LogP contribution in [0.25, 0.3) is 0 Å². The third-order valence-electron chi connectivity index (χ3n) is 3.43. The molecule has 0 aliphatic carbocycles. The second-order valence-electron chi connectivity index (χ2n) is 4.71. The van der Waals surface area contributed by atoms with E-state index in [1.807, 2.05) is 18.2 Å². The number of anilines is 1. The quantitative estimate of drug-likeness (QED) is 0.922. The van der Waals surface area contributed by atoms with E-state index in [2.05, 4.69) is 4.99 Å². The molecule has 1 aliphatic rings. The van der Waals surface area contributed by atoms with Gasteiger partial charge in [-0.2, -0.15) is 0 Å². The van der Waals surface area contributed by atoms with Crippen LogP contribution in [0.15, 0.2) is 47.5 Å². The summed E-state index contributed by atoms with van der Waals surface area (Å²) in [5.41, 5.74) is 7.21. The van der Waals surface area contributed by atoms with Crippen LogP contribution in [0.5, 0.6) is 0 Å². The van der Waals surface area contributed by atoms with Gasteiger partial charge in [0.1, 0.15) is 0 Å². The molecule has 1 aliphatic heterocycles. The summed E-state index contributed by atoms with van der Waals surface area (Å²) in [6.45, 7) is 0.363. The zero-order chi connectivity index (χ0) is 15.0. The highest BCUT2D eigenvalue weighted by Crippen LogP contribution is 2.35. The number of halogens is 3. The van der Waals surface area contributed by atoms with E-state index in [0.29, 0.717) is 28.8 Å². The van der Waals surface area contributed by atoms with Crippen LogP contribution in [0.1, 0.15) is 11.6 Å². The molecule has 2 aromatic rings. The zero-order valence-electron chi connectivity index (χ0n) is 10.9. The molecular weight excluding hydrogens is 296 g/mol. The van der Waals surface area contributed by atoms with Gasteiger partial charge in [-0.1, -0.05) is 29.8 Å². The van der Waals surface area contributed by atoms with Gasteiger partial charge in [-0.25, -0.2) is 8.78 Å². The van der Waals surface area contributed by atoms with Crippen LogP contribution >= 0.6 is 11.6 Å². The monoisotopic (exact) mass is 307 g/mol. The first kappa shape index (κ1) is 13.8. The Morgan fingerprint density at radius 2 is 1.90 bits per heavy atom. The normalized spacial score (nSPS) is 18.0. The third kappa shape index (κ3) is 2.45. The van der Waals surface area contributed by atoms with Crippen molar-refractivity contribution in [1.82, 2.24) is 0 Å². The number of hydrogen-bond donors (Lipinski definition) is 1. The molecule has 0 spiro atoms. The Kier molecular flexibility index (Phi) is 3.51. The van der Waals surface area contributed by atoms with Gasteiger partial charge in [0.05, 0.1) is 23.3 Å². The molecular formula is C15H12ClF2N3. The van der Waals surface area contributed by atoms with Gasteiger partial charge in [0, 0.05) is 0 Å². The molecule has 108 valence electrons. The molecule has 6 heteroatoms. The lowest BCUT2D eigenvalue weighted by Crippen LogP contribution is -2.36. The molecule has 1 unspecified atom stereocenters. The molecule has 2 N–H and O–H groups in total. The number of para-hydroxylation sites is 1. The molecule has 1 atom stereocenters. The van der Waals surface area contributed by atoms with E-state index in [1.165, 1.54) is 6.07 Å². The first-order valence-corrected chi connectivity index (χ1v) is 6.74. The third-order valence-corrected chi connectivity index (χ3v) is 3.74. The van der Waals surface area contributed by atoms with Gasteiger partial charge in [-0.05, 0) is 29.8 Å². The van der Waals surface area contributed by atoms with Crippen LogP contribution in [0.4, 0.5) is 14.5 Å². The van der Waals surface area contributed by atoms with Crippen LogP contribution in [0.2, 0.25) is 5.02 Å². The minimum Gasteiger partial charge on any atom is -0.369 e. The second-order valence-corrected chi connectivity index (χ2v) is 5.12. The Bertz CT molecular complexity index is 718. The maximum Gasteiger partial charge on any atom is 0.196 e. The van der Waals surface area contributed by atoms with Gasteiger partial charge in [0.2, 0.25) is 0 Å². The Morgan fingerprint density at radius 1 is 1.14 bits per heavy atom. The van der Waals surface area contributed by atoms with Gasteiger partial charge in [0.15, 0.2) is 17.6 Å².